The number of nitrogens with zero attached hydrogens (tertiary/aromatic N) is 2. The van der Waals surface area contributed by atoms with Gasteiger partial charge in [0.1, 0.15) is 5.82 Å². The van der Waals surface area contributed by atoms with E-state index in [9.17, 15) is 0 Å². The van der Waals surface area contributed by atoms with Crippen molar-refractivity contribution < 1.29 is 0 Å². The highest BCUT2D eigenvalue weighted by Gasteiger charge is 2.11. The summed E-state index contributed by atoms with van der Waals surface area (Å²) in [5.74, 6) is 1.03. The Morgan fingerprint density at radius 1 is 1.35 bits per heavy atom. The van der Waals surface area contributed by atoms with E-state index in [0.717, 1.165) is 36.6 Å². The number of nitrogens with one attached hydrogen (secondary N) is 1. The number of anilines is 1. The van der Waals surface area contributed by atoms with Crippen molar-refractivity contribution in [3.05, 3.63) is 35.5 Å². The summed E-state index contributed by atoms with van der Waals surface area (Å²) in [5.41, 5.74) is 3.70. The maximum atomic E-state index is 4.71. The van der Waals surface area contributed by atoms with Crippen LogP contribution < -0.4 is 10.2 Å². The van der Waals surface area contributed by atoms with E-state index in [-0.39, 0.29) is 5.54 Å². The van der Waals surface area contributed by atoms with Crippen LogP contribution in [0.15, 0.2) is 24.3 Å². The fourth-order valence-electron chi connectivity index (χ4n) is 1.97. The van der Waals surface area contributed by atoms with Crippen LogP contribution in [0.3, 0.4) is 0 Å². The van der Waals surface area contributed by atoms with Gasteiger partial charge in [-0.25, -0.2) is 4.98 Å². The van der Waals surface area contributed by atoms with Crippen molar-refractivity contribution in [1.82, 2.24) is 10.3 Å². The number of rotatable bonds is 6. The zero-order valence-corrected chi connectivity index (χ0v) is 13.9. The molecule has 0 aliphatic carbocycles. The lowest BCUT2D eigenvalue weighted by Crippen LogP contribution is -2.35. The number of aromatic nitrogens is 1. The molecule has 0 fully saturated rings. The van der Waals surface area contributed by atoms with Crippen molar-refractivity contribution in [1.29, 1.82) is 0 Å². The molecule has 20 heavy (non-hydrogen) atoms. The van der Waals surface area contributed by atoms with Gasteiger partial charge < -0.3 is 10.2 Å². The third-order valence-corrected chi connectivity index (χ3v) is 3.01. The molecule has 0 atom stereocenters. The van der Waals surface area contributed by atoms with Crippen LogP contribution in [0.2, 0.25) is 0 Å². The Labute approximate surface area is 124 Å². The highest BCUT2D eigenvalue weighted by molar-refractivity contribution is 5.43. The maximum absolute atomic E-state index is 4.71. The van der Waals surface area contributed by atoms with Gasteiger partial charge in [-0.2, -0.15) is 0 Å². The second-order valence-electron chi connectivity index (χ2n) is 6.60. The van der Waals surface area contributed by atoms with E-state index in [1.807, 2.05) is 6.92 Å². The molecule has 0 aromatic carbocycles. The molecule has 0 radical (unpaired) electrons. The molecule has 0 spiro atoms. The monoisotopic (exact) mass is 275 g/mol. The van der Waals surface area contributed by atoms with Gasteiger partial charge in [0.15, 0.2) is 0 Å². The Kier molecular flexibility index (Phi) is 5.75. The number of hydrogen-bond donors (Lipinski definition) is 1. The van der Waals surface area contributed by atoms with Gasteiger partial charge in [-0.05, 0) is 51.8 Å². The molecule has 3 heteroatoms. The minimum absolute atomic E-state index is 0.124. The lowest BCUT2D eigenvalue weighted by molar-refractivity contribution is 0.424. The molecule has 0 aliphatic rings. The molecular weight excluding hydrogens is 246 g/mol. The Bertz CT molecular complexity index is 458. The van der Waals surface area contributed by atoms with Crippen molar-refractivity contribution in [2.24, 2.45) is 0 Å². The molecule has 1 aromatic rings. The van der Waals surface area contributed by atoms with Crippen LogP contribution in [0.1, 0.15) is 45.9 Å². The molecule has 0 aliphatic heterocycles. The van der Waals surface area contributed by atoms with Crippen molar-refractivity contribution in [2.45, 2.75) is 53.1 Å². The van der Waals surface area contributed by atoms with E-state index in [1.54, 1.807) is 0 Å². The standard InChI is InChI=1S/C17H29N3/c1-8-15-9-14(11-18-17(4,5)6)10-16(19-15)20(7)12-13(2)3/h9-10,18H,2,8,11-12H2,1,3-7H3. The zero-order chi connectivity index (χ0) is 15.3. The lowest BCUT2D eigenvalue weighted by atomic mass is 10.1. The van der Waals surface area contributed by atoms with Crippen LogP contribution >= 0.6 is 0 Å². The predicted octanol–water partition coefficient (Wildman–Crippen LogP) is 3.54. The molecule has 0 saturated heterocycles. The summed E-state index contributed by atoms with van der Waals surface area (Å²) in [4.78, 5) is 6.86. The van der Waals surface area contributed by atoms with Crippen molar-refractivity contribution in [3.63, 3.8) is 0 Å². The molecule has 1 rings (SSSR count). The maximum Gasteiger partial charge on any atom is 0.129 e. The fraction of sp³-hybridized carbons (Fsp3) is 0.588. The summed E-state index contributed by atoms with van der Waals surface area (Å²) in [5, 5.41) is 3.53. The largest absolute Gasteiger partial charge is 0.356 e. The Morgan fingerprint density at radius 2 is 2.00 bits per heavy atom. The summed E-state index contributed by atoms with van der Waals surface area (Å²) >= 11 is 0. The molecular formula is C17H29N3. The Morgan fingerprint density at radius 3 is 2.50 bits per heavy atom. The zero-order valence-electron chi connectivity index (χ0n) is 13.9. The molecule has 1 heterocycles. The van der Waals surface area contributed by atoms with Crippen molar-refractivity contribution >= 4 is 5.82 Å². The van der Waals surface area contributed by atoms with Gasteiger partial charge >= 0.3 is 0 Å². The first-order valence-corrected chi connectivity index (χ1v) is 7.31. The third-order valence-electron chi connectivity index (χ3n) is 3.01. The van der Waals surface area contributed by atoms with Crippen LogP contribution in [0, 0.1) is 0 Å². The van der Waals surface area contributed by atoms with E-state index in [1.165, 1.54) is 5.56 Å². The van der Waals surface area contributed by atoms with Gasteiger partial charge in [-0.3, -0.25) is 0 Å². The Hall–Kier alpha value is -1.35. The van der Waals surface area contributed by atoms with E-state index >= 15 is 0 Å². The van der Waals surface area contributed by atoms with E-state index in [4.69, 9.17) is 4.98 Å². The minimum atomic E-state index is 0.124. The number of pyridine rings is 1. The number of aryl methyl sites for hydroxylation is 1. The molecule has 0 amide bonds. The SMILES string of the molecule is C=C(C)CN(C)c1cc(CNC(C)(C)C)cc(CC)n1. The smallest absolute Gasteiger partial charge is 0.129 e. The fourth-order valence-corrected chi connectivity index (χ4v) is 1.97. The molecule has 1 aromatic heterocycles. The molecule has 112 valence electrons. The van der Waals surface area contributed by atoms with Crippen LogP contribution in [-0.2, 0) is 13.0 Å². The van der Waals surface area contributed by atoms with Crippen LogP contribution in [0.4, 0.5) is 5.82 Å². The lowest BCUT2D eigenvalue weighted by Gasteiger charge is -2.23. The van der Waals surface area contributed by atoms with Crippen molar-refractivity contribution in [3.8, 4) is 0 Å². The molecule has 0 bridgehead atoms. The minimum Gasteiger partial charge on any atom is -0.356 e. The van der Waals surface area contributed by atoms with Gasteiger partial charge in [-0.15, -0.1) is 0 Å². The number of likely N-dealkylation sites (N-methyl/N-ethyl adjacent to an activating group) is 1. The van der Waals surface area contributed by atoms with Gasteiger partial charge in [0, 0.05) is 31.4 Å². The second-order valence-corrected chi connectivity index (χ2v) is 6.60. The van der Waals surface area contributed by atoms with Crippen LogP contribution in [0.5, 0.6) is 0 Å². The van der Waals surface area contributed by atoms with Crippen LogP contribution in [0.25, 0.3) is 0 Å². The predicted molar refractivity (Wildman–Crippen MR) is 88.3 cm³/mol. The summed E-state index contributed by atoms with van der Waals surface area (Å²) in [6.45, 7) is 16.4. The highest BCUT2D eigenvalue weighted by Crippen LogP contribution is 2.16. The van der Waals surface area contributed by atoms with Crippen LogP contribution in [-0.4, -0.2) is 24.1 Å². The highest BCUT2D eigenvalue weighted by atomic mass is 15.2. The topological polar surface area (TPSA) is 28.2 Å². The number of hydrogen-bond acceptors (Lipinski definition) is 3. The van der Waals surface area contributed by atoms with E-state index < -0.39 is 0 Å². The normalized spacial score (nSPS) is 11.5. The second kappa shape index (κ2) is 6.89. The third kappa shape index (κ3) is 5.74. The molecule has 0 saturated carbocycles. The van der Waals surface area contributed by atoms with Crippen molar-refractivity contribution in [2.75, 3.05) is 18.5 Å². The quantitative estimate of drug-likeness (QED) is 0.805. The van der Waals surface area contributed by atoms with Gasteiger partial charge in [0.2, 0.25) is 0 Å². The summed E-state index contributed by atoms with van der Waals surface area (Å²) in [6.07, 6.45) is 0.956. The Balaban J connectivity index is 2.93. The first kappa shape index (κ1) is 16.7. The average molecular weight is 275 g/mol. The van der Waals surface area contributed by atoms with Gasteiger partial charge in [-0.1, -0.05) is 19.1 Å². The van der Waals surface area contributed by atoms with Gasteiger partial charge in [0.25, 0.3) is 0 Å². The first-order chi connectivity index (χ1) is 9.21. The summed E-state index contributed by atoms with van der Waals surface area (Å²) in [7, 11) is 2.07. The van der Waals surface area contributed by atoms with Gasteiger partial charge in [0.05, 0.1) is 0 Å². The molecule has 3 nitrogen and oxygen atoms in total. The first-order valence-electron chi connectivity index (χ1n) is 7.31. The summed E-state index contributed by atoms with van der Waals surface area (Å²) in [6, 6.07) is 4.36. The average Bonchev–Trinajstić information content (AvgIpc) is 2.34. The summed E-state index contributed by atoms with van der Waals surface area (Å²) < 4.78 is 0. The van der Waals surface area contributed by atoms with E-state index in [0.29, 0.717) is 0 Å². The molecule has 0 unspecified atom stereocenters. The molecule has 1 N–H and O–H groups in total. The van der Waals surface area contributed by atoms with E-state index in [2.05, 4.69) is 63.7 Å².